The zero-order valence-electron chi connectivity index (χ0n) is 62.9. The molecule has 32 heteroatoms. The second-order valence-corrected chi connectivity index (χ2v) is 28.1. The zero-order valence-corrected chi connectivity index (χ0v) is 62.9. The van der Waals surface area contributed by atoms with Crippen LogP contribution in [0.5, 0.6) is 0 Å². The molecule has 0 aliphatic carbocycles. The number of nitrogens with zero attached hydrogens (tertiary/aromatic N) is 6. The number of alkyl carbamates (subject to hydrolysis) is 3. The lowest BCUT2D eigenvalue weighted by Gasteiger charge is -2.22. The van der Waals surface area contributed by atoms with E-state index in [-0.39, 0.29) is 99.1 Å². The Morgan fingerprint density at radius 2 is 0.651 bits per heavy atom. The number of rotatable bonds is 20. The van der Waals surface area contributed by atoms with Gasteiger partial charge in [0.25, 0.3) is 0 Å². The molecule has 109 heavy (non-hydrogen) atoms. The van der Waals surface area contributed by atoms with E-state index in [1.165, 1.54) is 42.0 Å². The first-order valence-corrected chi connectivity index (χ1v) is 35.2. The standard InChI is InChI=1S/C26H33N5O6.C23H34N4O7.C21H25N5O4.C7H9N/c1-6-17-19-20(18(7-2)36-17)22(33)31(21(19)32)14-13-27-23(30-25(35)37-26(3,4)5)29-24(34)28-15-16-11-9-8-10-12-16;1-9-13-15-16(14(10-2)32-13)18(29)27(17(15)28)12-11-24-19(25-20(30)33-22(3,4)5)26-21(31)34-23(6,7)8;1-3-14-16-17(15(4-2)30-14)19(28)26(18(16)27)11-10-23-20(22)25-21(29)24-12-13-8-6-5-7-9-13;8-6-7-4-2-1-3-5-7/h6-12,17-20H,1-2,13-15H2,3-5H3,(H3,27,28,29,30,34,35);9-10,13-16H,1-2,11-12H2,3-8H3,(H2,24,25,26,30,31);3-9,14-17H,1-2,10-12H2,(H4,22,23,24,25,29);1-5H,6,8H2. The van der Waals surface area contributed by atoms with Gasteiger partial charge in [0.1, 0.15) is 16.8 Å². The highest BCUT2D eigenvalue weighted by molar-refractivity contribution is 6.09. The Morgan fingerprint density at radius 1 is 0.404 bits per heavy atom. The molecule has 6 heterocycles. The molecule has 12 unspecified atom stereocenters. The molecule has 0 aromatic heterocycles. The molecular weight excluding hydrogens is 1410 g/mol. The number of urea groups is 2. The van der Waals surface area contributed by atoms with Gasteiger partial charge in [-0.25, -0.2) is 24.0 Å². The van der Waals surface area contributed by atoms with Crippen molar-refractivity contribution in [2.45, 2.75) is 135 Å². The number of hydrogen-bond acceptors (Lipinski definition) is 21. The van der Waals surface area contributed by atoms with Crippen molar-refractivity contribution < 1.29 is 81.2 Å². The maximum absolute atomic E-state index is 13.0. The number of likely N-dealkylation sites (tertiary alicyclic amines) is 3. The van der Waals surface area contributed by atoms with Gasteiger partial charge in [-0.15, -0.1) is 39.5 Å². The molecule has 13 amide bonds. The Labute approximate surface area is 634 Å². The van der Waals surface area contributed by atoms with Gasteiger partial charge in [-0.2, -0.15) is 0 Å². The van der Waals surface area contributed by atoms with Crippen LogP contribution < -0.4 is 48.7 Å². The summed E-state index contributed by atoms with van der Waals surface area (Å²) >= 11 is 0. The van der Waals surface area contributed by atoms with Gasteiger partial charge >= 0.3 is 30.3 Å². The van der Waals surface area contributed by atoms with Crippen LogP contribution in [0.1, 0.15) is 79.0 Å². The lowest BCUT2D eigenvalue weighted by Crippen LogP contribution is -2.49. The van der Waals surface area contributed by atoms with Gasteiger partial charge in [0.15, 0.2) is 5.96 Å². The van der Waals surface area contributed by atoms with Crippen LogP contribution in [0.25, 0.3) is 0 Å². The van der Waals surface area contributed by atoms with Crippen molar-refractivity contribution in [3.8, 4) is 0 Å². The van der Waals surface area contributed by atoms with Gasteiger partial charge in [0.05, 0.1) is 91.8 Å². The summed E-state index contributed by atoms with van der Waals surface area (Å²) in [5.41, 5.74) is 11.7. The topological polar surface area (TPSA) is 426 Å². The minimum Gasteiger partial charge on any atom is -0.444 e. The fraction of sp³-hybridized carbons (Fsp3) is 0.429. The van der Waals surface area contributed by atoms with E-state index in [2.05, 4.69) is 91.7 Å². The van der Waals surface area contributed by atoms with Crippen molar-refractivity contribution in [1.29, 1.82) is 0 Å². The number of nitrogens with one attached hydrogen (secondary N) is 7. The van der Waals surface area contributed by atoms with E-state index in [9.17, 15) is 52.7 Å². The van der Waals surface area contributed by atoms with Gasteiger partial charge in [-0.1, -0.05) is 127 Å². The number of benzene rings is 3. The summed E-state index contributed by atoms with van der Waals surface area (Å²) in [5, 5.41) is 17.3. The van der Waals surface area contributed by atoms with E-state index in [0.717, 1.165) is 25.8 Å². The van der Waals surface area contributed by atoms with Crippen LogP contribution in [0.15, 0.2) is 182 Å². The van der Waals surface area contributed by atoms with Crippen molar-refractivity contribution in [2.75, 3.05) is 39.3 Å². The molecule has 3 aromatic rings. The van der Waals surface area contributed by atoms with Crippen LogP contribution in [-0.2, 0) is 76.8 Å². The first-order chi connectivity index (χ1) is 51.6. The van der Waals surface area contributed by atoms with Gasteiger partial charge in [-0.3, -0.25) is 85.0 Å². The summed E-state index contributed by atoms with van der Waals surface area (Å²) < 4.78 is 32.6. The van der Waals surface area contributed by atoms with Crippen LogP contribution >= 0.6 is 0 Å². The third kappa shape index (κ3) is 25.1. The molecule has 0 radical (unpaired) electrons. The van der Waals surface area contributed by atoms with Crippen molar-refractivity contribution in [2.24, 2.45) is 62.0 Å². The normalized spacial score (nSPS) is 23.2. The Bertz CT molecular complexity index is 3780. The Hall–Kier alpha value is -11.5. The first-order valence-electron chi connectivity index (χ1n) is 35.2. The van der Waals surface area contributed by atoms with Gasteiger partial charge in [0.2, 0.25) is 47.4 Å². The summed E-state index contributed by atoms with van der Waals surface area (Å²) in [7, 11) is 0. The smallest absolute Gasteiger partial charge is 0.414 e. The minimum absolute atomic E-state index is 0.0504. The quantitative estimate of drug-likeness (QED) is 0.0208. The third-order valence-corrected chi connectivity index (χ3v) is 16.7. The Balaban J connectivity index is 0.000000243. The van der Waals surface area contributed by atoms with Crippen molar-refractivity contribution >= 4 is 83.7 Å². The van der Waals surface area contributed by atoms with E-state index in [1.807, 2.05) is 91.0 Å². The van der Waals surface area contributed by atoms with Gasteiger partial charge < -0.3 is 50.5 Å². The van der Waals surface area contributed by atoms with Crippen LogP contribution in [0.4, 0.5) is 24.0 Å². The lowest BCUT2D eigenvalue weighted by atomic mass is 9.89. The Kier molecular flexibility index (Phi) is 31.7. The van der Waals surface area contributed by atoms with E-state index in [0.29, 0.717) is 13.1 Å². The molecule has 9 rings (SSSR count). The number of hydrogen-bond donors (Lipinski definition) is 9. The number of guanidine groups is 3. The number of aliphatic imine (C=N–C) groups is 3. The highest BCUT2D eigenvalue weighted by Crippen LogP contribution is 2.44. The highest BCUT2D eigenvalue weighted by Gasteiger charge is 2.60. The average Bonchev–Trinajstić information content (AvgIpc) is 1.61. The summed E-state index contributed by atoms with van der Waals surface area (Å²) in [6.07, 6.45) is 3.18. The van der Waals surface area contributed by atoms with Crippen molar-refractivity contribution in [3.63, 3.8) is 0 Å². The zero-order chi connectivity index (χ0) is 80.5. The van der Waals surface area contributed by atoms with E-state index < -0.39 is 119 Å². The molecule has 3 aromatic carbocycles. The molecule has 0 saturated carbocycles. The fourth-order valence-corrected chi connectivity index (χ4v) is 12.1. The predicted octanol–water partition coefficient (Wildman–Crippen LogP) is 5.93. The molecule has 11 N–H and O–H groups in total. The van der Waals surface area contributed by atoms with E-state index in [4.69, 9.17) is 39.9 Å². The van der Waals surface area contributed by atoms with Gasteiger partial charge in [0, 0.05) is 39.3 Å². The second-order valence-electron chi connectivity index (χ2n) is 28.1. The van der Waals surface area contributed by atoms with Gasteiger partial charge in [-0.05, 0) is 79.0 Å². The molecule has 6 aliphatic rings. The van der Waals surface area contributed by atoms with Crippen LogP contribution in [0, 0.1) is 35.5 Å². The summed E-state index contributed by atoms with van der Waals surface area (Å²) in [4.78, 5) is 154. The van der Waals surface area contributed by atoms with Crippen molar-refractivity contribution in [3.05, 3.63) is 184 Å². The first kappa shape index (κ1) is 86.4. The molecular formula is C77H101N15O17. The number of imide groups is 3. The van der Waals surface area contributed by atoms with Crippen LogP contribution in [0.2, 0.25) is 0 Å². The molecule has 0 bridgehead atoms. The number of fused-ring (bicyclic) bond motifs is 3. The molecule has 586 valence electrons. The predicted molar refractivity (Wildman–Crippen MR) is 405 cm³/mol. The molecule has 6 fully saturated rings. The SMILES string of the molecule is C=CC1OC(C=C)C2C(=O)N(CCN=C(N)NC(=O)NCc3ccccc3)C(=O)C12.C=CC1OC(C=C)C2C(=O)N(CCN=C(NC(=O)NCc3ccccc3)NC(=O)OC(C)(C)C)C(=O)C12.C=CC1OC(C=C)C2C(=O)N(CCN=C(NC(=O)OC(C)(C)C)NC(=O)OC(C)(C)C)C(=O)C12.NCc1ccccc1. The molecule has 32 nitrogen and oxygen atoms in total. The lowest BCUT2D eigenvalue weighted by molar-refractivity contribution is -0.144. The Morgan fingerprint density at radius 3 is 0.899 bits per heavy atom. The number of ether oxygens (including phenoxy) is 6. The number of carbonyl (C=O) groups is 11. The second kappa shape index (κ2) is 39.9. The minimum atomic E-state index is -0.843. The summed E-state index contributed by atoms with van der Waals surface area (Å²) in [6.45, 7) is 38.4. The summed E-state index contributed by atoms with van der Waals surface area (Å²) in [5.74, 6) is -6.56. The maximum Gasteiger partial charge on any atom is 0.414 e. The molecule has 0 spiro atoms. The monoisotopic (exact) mass is 1510 g/mol. The third-order valence-electron chi connectivity index (χ3n) is 16.7. The maximum atomic E-state index is 13.0. The highest BCUT2D eigenvalue weighted by atomic mass is 16.6. The molecule has 12 atom stereocenters. The largest absolute Gasteiger partial charge is 0.444 e. The molecule has 6 aliphatic heterocycles. The number of nitrogens with two attached hydrogens (primary N) is 2. The molecule has 6 saturated heterocycles. The van der Waals surface area contributed by atoms with Crippen LogP contribution in [-0.4, -0.2) is 191 Å². The fourth-order valence-electron chi connectivity index (χ4n) is 12.1. The van der Waals surface area contributed by atoms with E-state index >= 15 is 0 Å². The summed E-state index contributed by atoms with van der Waals surface area (Å²) in [6, 6.07) is 27.6. The van der Waals surface area contributed by atoms with E-state index in [1.54, 1.807) is 62.3 Å². The average molecular weight is 1510 g/mol. The van der Waals surface area contributed by atoms with Crippen LogP contribution in [0.3, 0.4) is 0 Å². The number of carbonyl (C=O) groups excluding carboxylic acids is 11. The number of amides is 13. The van der Waals surface area contributed by atoms with Crippen molar-refractivity contribution in [1.82, 2.24) is 51.9 Å².